The van der Waals surface area contributed by atoms with Gasteiger partial charge in [0.2, 0.25) is 0 Å². The van der Waals surface area contributed by atoms with Crippen molar-refractivity contribution in [2.45, 2.75) is 13.0 Å². The second-order valence-electron chi connectivity index (χ2n) is 5.18. The molecule has 0 fully saturated rings. The Bertz CT molecular complexity index is 624. The fraction of sp³-hybridized carbons (Fsp3) is 0.312. The molecule has 0 bridgehead atoms. The third kappa shape index (κ3) is 3.89. The van der Waals surface area contributed by atoms with Crippen molar-refractivity contribution in [1.82, 2.24) is 10.2 Å². The Morgan fingerprint density at radius 2 is 2.14 bits per heavy atom. The third-order valence-electron chi connectivity index (χ3n) is 3.38. The molecule has 21 heavy (non-hydrogen) atoms. The Morgan fingerprint density at radius 3 is 2.71 bits per heavy atom. The summed E-state index contributed by atoms with van der Waals surface area (Å²) in [4.78, 5) is 14.9. The summed E-state index contributed by atoms with van der Waals surface area (Å²) >= 11 is 1.43. The van der Waals surface area contributed by atoms with Crippen molar-refractivity contribution < 1.29 is 9.18 Å². The lowest BCUT2D eigenvalue weighted by molar-refractivity contribution is 0.0945. The number of carbonyl (C=O) groups is 1. The molecule has 112 valence electrons. The average Bonchev–Trinajstić information content (AvgIpc) is 2.85. The Labute approximate surface area is 128 Å². The second kappa shape index (κ2) is 6.83. The summed E-state index contributed by atoms with van der Waals surface area (Å²) < 4.78 is 13.4. The molecule has 1 aromatic heterocycles. The van der Waals surface area contributed by atoms with Crippen LogP contribution < -0.4 is 5.32 Å². The van der Waals surface area contributed by atoms with Crippen LogP contribution in [0.2, 0.25) is 0 Å². The molecular weight excluding hydrogens is 287 g/mol. The van der Waals surface area contributed by atoms with Gasteiger partial charge >= 0.3 is 0 Å². The minimum Gasteiger partial charge on any atom is -0.349 e. The van der Waals surface area contributed by atoms with Crippen LogP contribution in [0.4, 0.5) is 4.39 Å². The van der Waals surface area contributed by atoms with Gasteiger partial charge in [0.15, 0.2) is 0 Å². The van der Waals surface area contributed by atoms with Crippen LogP contribution in [0.15, 0.2) is 35.7 Å². The Morgan fingerprint density at radius 1 is 1.38 bits per heavy atom. The second-order valence-corrected chi connectivity index (χ2v) is 6.09. The normalized spacial score (nSPS) is 12.4. The van der Waals surface area contributed by atoms with E-state index < -0.39 is 0 Å². The van der Waals surface area contributed by atoms with Crippen LogP contribution in [0, 0.1) is 12.7 Å². The number of carbonyl (C=O) groups excluding carboxylic acids is 1. The molecule has 0 saturated heterocycles. The lowest BCUT2D eigenvalue weighted by Crippen LogP contribution is -2.34. The fourth-order valence-corrected chi connectivity index (χ4v) is 3.03. The van der Waals surface area contributed by atoms with Gasteiger partial charge in [-0.05, 0) is 55.7 Å². The van der Waals surface area contributed by atoms with E-state index in [9.17, 15) is 9.18 Å². The summed E-state index contributed by atoms with van der Waals surface area (Å²) in [5.41, 5.74) is 1.83. The van der Waals surface area contributed by atoms with E-state index in [2.05, 4.69) is 5.32 Å². The van der Waals surface area contributed by atoms with E-state index in [-0.39, 0.29) is 17.8 Å². The highest BCUT2D eigenvalue weighted by Gasteiger charge is 2.17. The van der Waals surface area contributed by atoms with E-state index in [1.807, 2.05) is 43.4 Å². The molecular formula is C16H19FN2OS. The van der Waals surface area contributed by atoms with Crippen molar-refractivity contribution in [3.63, 3.8) is 0 Å². The Balaban J connectivity index is 2.08. The molecule has 0 aliphatic rings. The van der Waals surface area contributed by atoms with Gasteiger partial charge in [0.25, 0.3) is 5.91 Å². The van der Waals surface area contributed by atoms with E-state index >= 15 is 0 Å². The molecule has 1 heterocycles. The monoisotopic (exact) mass is 306 g/mol. The minimum absolute atomic E-state index is 0.0649. The molecule has 1 atom stereocenters. The van der Waals surface area contributed by atoms with E-state index in [0.29, 0.717) is 6.54 Å². The number of aryl methyl sites for hydroxylation is 1. The Kier molecular flexibility index (Phi) is 5.09. The number of rotatable bonds is 5. The van der Waals surface area contributed by atoms with E-state index in [1.54, 1.807) is 6.07 Å². The number of hydrogen-bond acceptors (Lipinski definition) is 3. The van der Waals surface area contributed by atoms with Gasteiger partial charge in [0.05, 0.1) is 10.9 Å². The number of thiophene rings is 1. The van der Waals surface area contributed by atoms with Crippen molar-refractivity contribution in [3.05, 3.63) is 57.5 Å². The maximum atomic E-state index is 13.4. The largest absolute Gasteiger partial charge is 0.349 e. The van der Waals surface area contributed by atoms with Crippen molar-refractivity contribution in [3.8, 4) is 0 Å². The summed E-state index contributed by atoms with van der Waals surface area (Å²) in [5, 5.41) is 4.84. The van der Waals surface area contributed by atoms with E-state index in [0.717, 1.165) is 16.0 Å². The highest BCUT2D eigenvalue weighted by molar-refractivity contribution is 7.12. The lowest BCUT2D eigenvalue weighted by atomic mass is 10.1. The van der Waals surface area contributed by atoms with Gasteiger partial charge in [-0.1, -0.05) is 12.1 Å². The quantitative estimate of drug-likeness (QED) is 0.920. The SMILES string of the molecule is Cc1ccsc1C(=O)NCC(c1cccc(F)c1)N(C)C. The predicted molar refractivity (Wildman–Crippen MR) is 84.2 cm³/mol. The van der Waals surface area contributed by atoms with Gasteiger partial charge in [-0.25, -0.2) is 4.39 Å². The molecule has 2 aromatic rings. The lowest BCUT2D eigenvalue weighted by Gasteiger charge is -2.25. The molecule has 2 rings (SSSR count). The van der Waals surface area contributed by atoms with Crippen LogP contribution in [0.3, 0.4) is 0 Å². The van der Waals surface area contributed by atoms with Crippen molar-refractivity contribution in [2.75, 3.05) is 20.6 Å². The van der Waals surface area contributed by atoms with Crippen molar-refractivity contribution in [2.24, 2.45) is 0 Å². The fourth-order valence-electron chi connectivity index (χ4n) is 2.19. The molecule has 1 aromatic carbocycles. The maximum Gasteiger partial charge on any atom is 0.261 e. The summed E-state index contributed by atoms with van der Waals surface area (Å²) in [6.07, 6.45) is 0. The van der Waals surface area contributed by atoms with Crippen LogP contribution in [-0.4, -0.2) is 31.4 Å². The van der Waals surface area contributed by atoms with E-state index in [4.69, 9.17) is 0 Å². The smallest absolute Gasteiger partial charge is 0.261 e. The molecule has 1 N–H and O–H groups in total. The number of likely N-dealkylation sites (N-methyl/N-ethyl adjacent to an activating group) is 1. The summed E-state index contributed by atoms with van der Waals surface area (Å²) in [6, 6.07) is 8.35. The number of halogens is 1. The summed E-state index contributed by atoms with van der Waals surface area (Å²) in [6.45, 7) is 2.36. The maximum absolute atomic E-state index is 13.4. The molecule has 0 saturated carbocycles. The number of hydrogen-bond donors (Lipinski definition) is 1. The molecule has 1 unspecified atom stereocenters. The summed E-state index contributed by atoms with van der Waals surface area (Å²) in [7, 11) is 3.83. The number of amides is 1. The van der Waals surface area contributed by atoms with Crippen LogP contribution in [0.1, 0.15) is 26.8 Å². The number of nitrogens with zero attached hydrogens (tertiary/aromatic N) is 1. The standard InChI is InChI=1S/C16H19FN2OS/c1-11-7-8-21-15(11)16(20)18-10-14(19(2)3)12-5-4-6-13(17)9-12/h4-9,14H,10H2,1-3H3,(H,18,20). The minimum atomic E-state index is -0.264. The number of nitrogens with one attached hydrogen (secondary N) is 1. The molecule has 0 aliphatic carbocycles. The zero-order valence-electron chi connectivity index (χ0n) is 12.4. The molecule has 5 heteroatoms. The van der Waals surface area contributed by atoms with Crippen molar-refractivity contribution in [1.29, 1.82) is 0 Å². The zero-order chi connectivity index (χ0) is 15.4. The van der Waals surface area contributed by atoms with E-state index in [1.165, 1.54) is 23.5 Å². The first-order chi connectivity index (χ1) is 9.99. The van der Waals surface area contributed by atoms with Gasteiger partial charge in [-0.2, -0.15) is 0 Å². The van der Waals surface area contributed by atoms with Crippen LogP contribution in [-0.2, 0) is 0 Å². The van der Waals surface area contributed by atoms with Crippen LogP contribution in [0.5, 0.6) is 0 Å². The van der Waals surface area contributed by atoms with Gasteiger partial charge < -0.3 is 10.2 Å². The van der Waals surface area contributed by atoms with Crippen LogP contribution in [0.25, 0.3) is 0 Å². The third-order valence-corrected chi connectivity index (χ3v) is 4.40. The first-order valence-electron chi connectivity index (χ1n) is 6.73. The highest BCUT2D eigenvalue weighted by atomic mass is 32.1. The zero-order valence-corrected chi connectivity index (χ0v) is 13.2. The summed E-state index contributed by atoms with van der Waals surface area (Å²) in [5.74, 6) is -0.342. The van der Waals surface area contributed by atoms with Gasteiger partial charge in [-0.3, -0.25) is 4.79 Å². The molecule has 3 nitrogen and oxygen atoms in total. The van der Waals surface area contributed by atoms with Gasteiger partial charge in [0, 0.05) is 6.54 Å². The first kappa shape index (κ1) is 15.7. The Hall–Kier alpha value is -1.72. The molecule has 0 aliphatic heterocycles. The number of benzene rings is 1. The van der Waals surface area contributed by atoms with Gasteiger partial charge in [-0.15, -0.1) is 11.3 Å². The van der Waals surface area contributed by atoms with Crippen LogP contribution >= 0.6 is 11.3 Å². The molecule has 1 amide bonds. The van der Waals surface area contributed by atoms with Crippen molar-refractivity contribution >= 4 is 17.2 Å². The first-order valence-corrected chi connectivity index (χ1v) is 7.61. The molecule has 0 spiro atoms. The highest BCUT2D eigenvalue weighted by Crippen LogP contribution is 2.19. The van der Waals surface area contributed by atoms with Gasteiger partial charge in [0.1, 0.15) is 5.82 Å². The average molecular weight is 306 g/mol. The molecule has 0 radical (unpaired) electrons. The predicted octanol–water partition coefficient (Wildman–Crippen LogP) is 3.23. The topological polar surface area (TPSA) is 32.3 Å².